The molecule has 53 heavy (non-hydrogen) atoms. The first-order chi connectivity index (χ1) is 26.3. The maximum Gasteiger partial charge on any atom is 0.252 e. The number of thiophene rings is 1. The quantitative estimate of drug-likeness (QED) is 0.167. The fraction of sp³-hybridized carbons (Fsp3) is 0. The zero-order valence-electron chi connectivity index (χ0n) is 28.5. The van der Waals surface area contributed by atoms with Gasteiger partial charge in [-0.25, -0.2) is 0 Å². The Morgan fingerprint density at radius 2 is 1.08 bits per heavy atom. The lowest BCUT2D eigenvalue weighted by molar-refractivity contribution is 1.26. The van der Waals surface area contributed by atoms with Crippen LogP contribution in [0.2, 0.25) is 0 Å². The molecular weight excluding hydrogens is 661 g/mol. The van der Waals surface area contributed by atoms with Crippen molar-refractivity contribution >= 4 is 127 Å². The fourth-order valence-electron chi connectivity index (χ4n) is 9.85. The van der Waals surface area contributed by atoms with Crippen molar-refractivity contribution in [2.45, 2.75) is 0 Å². The third-order valence-electron chi connectivity index (χ3n) is 11.9. The molecule has 5 heterocycles. The van der Waals surface area contributed by atoms with E-state index in [9.17, 15) is 0 Å². The maximum absolute atomic E-state index is 2.56. The SMILES string of the molecule is c1ccc(N2c3cc4c(cc3B3c5ccc6c(c5N(c5ccccc5)c5cccc2c53)c2cccc3c5ccccc5n6c32)sc2ccccc24)cc1. The third kappa shape index (κ3) is 3.50. The van der Waals surface area contributed by atoms with Gasteiger partial charge in [0.1, 0.15) is 0 Å². The molecule has 11 aromatic rings. The minimum absolute atomic E-state index is 0.0435. The van der Waals surface area contributed by atoms with Gasteiger partial charge in [0, 0.05) is 70.2 Å². The Morgan fingerprint density at radius 1 is 0.415 bits per heavy atom. The third-order valence-corrected chi connectivity index (χ3v) is 13.0. The Bertz CT molecular complexity index is 3310. The summed E-state index contributed by atoms with van der Waals surface area (Å²) in [6.07, 6.45) is 0. The van der Waals surface area contributed by atoms with Gasteiger partial charge in [-0.15, -0.1) is 11.3 Å². The molecule has 0 saturated heterocycles. The van der Waals surface area contributed by atoms with Crippen LogP contribution in [0.3, 0.4) is 0 Å². The first kappa shape index (κ1) is 28.1. The normalized spacial score (nSPS) is 13.5. The zero-order chi connectivity index (χ0) is 34.4. The Labute approximate surface area is 309 Å². The van der Waals surface area contributed by atoms with Crippen molar-refractivity contribution in [2.24, 2.45) is 0 Å². The van der Waals surface area contributed by atoms with E-state index >= 15 is 0 Å². The Kier molecular flexibility index (Phi) is 5.33. The van der Waals surface area contributed by atoms with Gasteiger partial charge in [0.15, 0.2) is 0 Å². The van der Waals surface area contributed by atoms with Gasteiger partial charge >= 0.3 is 0 Å². The molecule has 2 aliphatic rings. The molecule has 0 radical (unpaired) electrons. The van der Waals surface area contributed by atoms with Crippen LogP contribution in [-0.2, 0) is 0 Å². The van der Waals surface area contributed by atoms with E-state index in [0.29, 0.717) is 0 Å². The van der Waals surface area contributed by atoms with Crippen LogP contribution in [0.15, 0.2) is 170 Å². The highest BCUT2D eigenvalue weighted by Gasteiger charge is 2.44. The summed E-state index contributed by atoms with van der Waals surface area (Å²) in [5.74, 6) is 0. The Balaban J connectivity index is 1.21. The molecule has 0 N–H and O–H groups in total. The number of hydrogen-bond donors (Lipinski definition) is 0. The lowest BCUT2D eigenvalue weighted by atomic mass is 9.33. The van der Waals surface area contributed by atoms with Crippen LogP contribution in [0, 0.1) is 0 Å². The molecule has 5 heteroatoms. The summed E-state index contributed by atoms with van der Waals surface area (Å²) >= 11 is 1.90. The molecule has 3 aromatic heterocycles. The van der Waals surface area contributed by atoms with Gasteiger partial charge in [0.25, 0.3) is 6.71 Å². The molecule has 244 valence electrons. The number of benzene rings is 8. The molecule has 8 aromatic carbocycles. The van der Waals surface area contributed by atoms with Crippen molar-refractivity contribution in [3.05, 3.63) is 170 Å². The molecule has 13 rings (SSSR count). The van der Waals surface area contributed by atoms with E-state index in [1.54, 1.807) is 0 Å². The highest BCUT2D eigenvalue weighted by molar-refractivity contribution is 7.26. The van der Waals surface area contributed by atoms with Crippen LogP contribution in [0.4, 0.5) is 34.1 Å². The summed E-state index contributed by atoms with van der Waals surface area (Å²) in [4.78, 5) is 5.07. The number of hydrogen-bond acceptors (Lipinski definition) is 3. The maximum atomic E-state index is 2.56. The van der Waals surface area contributed by atoms with Crippen molar-refractivity contribution in [1.29, 1.82) is 0 Å². The topological polar surface area (TPSA) is 10.9 Å². The largest absolute Gasteiger partial charge is 0.311 e. The summed E-state index contributed by atoms with van der Waals surface area (Å²) in [5, 5.41) is 7.86. The van der Waals surface area contributed by atoms with E-state index in [1.807, 2.05) is 11.3 Å². The van der Waals surface area contributed by atoms with Gasteiger partial charge in [-0.2, -0.15) is 0 Å². The van der Waals surface area contributed by atoms with Crippen LogP contribution >= 0.6 is 11.3 Å². The summed E-state index contributed by atoms with van der Waals surface area (Å²) in [5.41, 5.74) is 15.2. The minimum Gasteiger partial charge on any atom is -0.311 e. The predicted molar refractivity (Wildman–Crippen MR) is 228 cm³/mol. The first-order valence-corrected chi connectivity index (χ1v) is 19.1. The lowest BCUT2D eigenvalue weighted by Crippen LogP contribution is -2.61. The van der Waals surface area contributed by atoms with Gasteiger partial charge in [0.2, 0.25) is 0 Å². The van der Waals surface area contributed by atoms with Crippen LogP contribution in [0.1, 0.15) is 0 Å². The van der Waals surface area contributed by atoms with Crippen LogP contribution in [0.25, 0.3) is 58.3 Å². The smallest absolute Gasteiger partial charge is 0.252 e. The van der Waals surface area contributed by atoms with Crippen molar-refractivity contribution in [2.75, 3.05) is 9.80 Å². The predicted octanol–water partition coefficient (Wildman–Crippen LogP) is 11.3. The highest BCUT2D eigenvalue weighted by atomic mass is 32.1. The first-order valence-electron chi connectivity index (χ1n) is 18.3. The van der Waals surface area contributed by atoms with Crippen molar-refractivity contribution in [1.82, 2.24) is 4.40 Å². The molecule has 0 bridgehead atoms. The number of anilines is 6. The van der Waals surface area contributed by atoms with Crippen molar-refractivity contribution in [3.8, 4) is 0 Å². The second kappa shape index (κ2) is 10.1. The molecule has 2 aliphatic heterocycles. The zero-order valence-corrected chi connectivity index (χ0v) is 29.3. The number of aromatic nitrogens is 1. The van der Waals surface area contributed by atoms with Crippen LogP contribution in [0.5, 0.6) is 0 Å². The van der Waals surface area contributed by atoms with Crippen LogP contribution < -0.4 is 26.2 Å². The summed E-state index contributed by atoms with van der Waals surface area (Å²) in [6.45, 7) is 0.0435. The van der Waals surface area contributed by atoms with Crippen molar-refractivity contribution < 1.29 is 0 Å². The summed E-state index contributed by atoms with van der Waals surface area (Å²) in [6, 6.07) is 63.3. The number of rotatable bonds is 2. The summed E-state index contributed by atoms with van der Waals surface area (Å²) < 4.78 is 5.17. The van der Waals surface area contributed by atoms with E-state index < -0.39 is 0 Å². The van der Waals surface area contributed by atoms with Gasteiger partial charge < -0.3 is 14.2 Å². The average Bonchev–Trinajstić information content (AvgIpc) is 3.87. The summed E-state index contributed by atoms with van der Waals surface area (Å²) in [7, 11) is 0. The molecular formula is C48H28BN3S. The lowest BCUT2D eigenvalue weighted by Gasteiger charge is -2.44. The molecule has 0 amide bonds. The fourth-order valence-corrected chi connectivity index (χ4v) is 11.0. The van der Waals surface area contributed by atoms with Gasteiger partial charge in [-0.3, -0.25) is 0 Å². The number of fused-ring (bicyclic) bond motifs is 14. The second-order valence-corrected chi connectivity index (χ2v) is 15.5. The molecule has 0 atom stereocenters. The Hall–Kier alpha value is -6.56. The molecule has 0 spiro atoms. The van der Waals surface area contributed by atoms with E-state index in [4.69, 9.17) is 0 Å². The highest BCUT2D eigenvalue weighted by Crippen LogP contribution is 2.50. The molecule has 0 unspecified atom stereocenters. The number of para-hydroxylation sites is 4. The van der Waals surface area contributed by atoms with E-state index in [-0.39, 0.29) is 6.71 Å². The number of nitrogens with zero attached hydrogens (tertiary/aromatic N) is 3. The standard InChI is InChI=1S/C48H28BN3S/c1-3-13-29(14-4-1)50-40-22-12-23-41-46(40)49(37-28-44-35(27-42(37)50)32-18-8-10-24-43(32)53-44)36-25-26-39-45(48(36)51(41)30-15-5-2-6-16-30)34-20-11-19-33-31-17-7-9-21-38(31)52(39)47(33)34/h1-28H. The van der Waals surface area contributed by atoms with Gasteiger partial charge in [-0.05, 0) is 83.1 Å². The van der Waals surface area contributed by atoms with Gasteiger partial charge in [-0.1, -0.05) is 103 Å². The van der Waals surface area contributed by atoms with Gasteiger partial charge in [0.05, 0.1) is 22.2 Å². The van der Waals surface area contributed by atoms with Crippen LogP contribution in [-0.4, -0.2) is 11.1 Å². The second-order valence-electron chi connectivity index (χ2n) is 14.4. The van der Waals surface area contributed by atoms with E-state index in [2.05, 4.69) is 184 Å². The molecule has 3 nitrogen and oxygen atoms in total. The van der Waals surface area contributed by atoms with Crippen molar-refractivity contribution in [3.63, 3.8) is 0 Å². The monoisotopic (exact) mass is 689 g/mol. The molecule has 0 saturated carbocycles. The molecule has 0 aliphatic carbocycles. The van der Waals surface area contributed by atoms with E-state index in [1.165, 1.54) is 109 Å². The average molecular weight is 690 g/mol. The minimum atomic E-state index is 0.0435. The Morgan fingerprint density at radius 3 is 1.91 bits per heavy atom. The van der Waals surface area contributed by atoms with E-state index in [0.717, 1.165) is 0 Å². The molecule has 0 fully saturated rings.